The number of allylic oxidation sites excluding steroid dienone is 1. The molecule has 0 saturated heterocycles. The van der Waals surface area contributed by atoms with Crippen LogP contribution >= 0.6 is 15.9 Å². The Morgan fingerprint density at radius 3 is 2.33 bits per heavy atom. The highest BCUT2D eigenvalue weighted by molar-refractivity contribution is 9.10. The maximum atomic E-state index is 3.44. The Bertz CT molecular complexity index is 558. The quantitative estimate of drug-likeness (QED) is 0.651. The van der Waals surface area contributed by atoms with Crippen LogP contribution in [0.2, 0.25) is 0 Å². The van der Waals surface area contributed by atoms with Gasteiger partial charge in [-0.1, -0.05) is 65.3 Å². The first-order valence-electron chi connectivity index (χ1n) is 6.06. The average molecular weight is 299 g/mol. The average Bonchev–Trinajstić information content (AvgIpc) is 2.43. The molecule has 2 aromatic rings. The third-order valence-corrected chi connectivity index (χ3v) is 3.29. The van der Waals surface area contributed by atoms with Crippen molar-refractivity contribution in [3.8, 4) is 0 Å². The van der Waals surface area contributed by atoms with Crippen LogP contribution in [0.15, 0.2) is 64.8 Å². The zero-order chi connectivity index (χ0) is 12.8. The molecular formula is C17H15Br. The van der Waals surface area contributed by atoms with Crippen LogP contribution in [0.1, 0.15) is 24.5 Å². The fraction of sp³-hybridized carbons (Fsp3) is 0.118. The van der Waals surface area contributed by atoms with Gasteiger partial charge < -0.3 is 0 Å². The lowest BCUT2D eigenvalue weighted by Crippen LogP contribution is -1.79. The summed E-state index contributed by atoms with van der Waals surface area (Å²) in [6.45, 7) is 2.16. The summed E-state index contributed by atoms with van der Waals surface area (Å²) >= 11 is 3.44. The second-order valence-electron chi connectivity index (χ2n) is 4.04. The van der Waals surface area contributed by atoms with E-state index in [-0.39, 0.29) is 0 Å². The summed E-state index contributed by atoms with van der Waals surface area (Å²) in [6.07, 6.45) is 3.02. The Kier molecular flexibility index (Phi) is 4.58. The predicted molar refractivity (Wildman–Crippen MR) is 82.3 cm³/mol. The van der Waals surface area contributed by atoms with Crippen molar-refractivity contribution in [2.75, 3.05) is 0 Å². The topological polar surface area (TPSA) is 0 Å². The molecule has 0 bridgehead atoms. The number of benzene rings is 2. The van der Waals surface area contributed by atoms with Crippen LogP contribution in [0.25, 0.3) is 11.6 Å². The van der Waals surface area contributed by atoms with E-state index in [0.717, 1.165) is 10.9 Å². The molecule has 0 saturated carbocycles. The molecule has 0 aliphatic heterocycles. The SMILES string of the molecule is CCC(=C=Cc1ccc(Br)cc1)c1ccccc1. The summed E-state index contributed by atoms with van der Waals surface area (Å²) in [5, 5.41) is 0. The van der Waals surface area contributed by atoms with Crippen LogP contribution in [-0.4, -0.2) is 0 Å². The fourth-order valence-electron chi connectivity index (χ4n) is 1.76. The van der Waals surface area contributed by atoms with E-state index in [2.05, 4.69) is 65.0 Å². The molecule has 0 aliphatic carbocycles. The van der Waals surface area contributed by atoms with E-state index in [4.69, 9.17) is 0 Å². The summed E-state index contributed by atoms with van der Waals surface area (Å²) < 4.78 is 1.10. The lowest BCUT2D eigenvalue weighted by atomic mass is 10.0. The highest BCUT2D eigenvalue weighted by atomic mass is 79.9. The molecule has 90 valence electrons. The normalized spacial score (nSPS) is 9.67. The maximum absolute atomic E-state index is 3.44. The summed E-state index contributed by atoms with van der Waals surface area (Å²) in [6, 6.07) is 18.7. The van der Waals surface area contributed by atoms with E-state index < -0.39 is 0 Å². The zero-order valence-corrected chi connectivity index (χ0v) is 11.9. The van der Waals surface area contributed by atoms with Crippen molar-refractivity contribution in [3.63, 3.8) is 0 Å². The monoisotopic (exact) mass is 298 g/mol. The Hall–Kier alpha value is -1.56. The van der Waals surface area contributed by atoms with Crippen molar-refractivity contribution in [1.29, 1.82) is 0 Å². The first-order valence-corrected chi connectivity index (χ1v) is 6.85. The van der Waals surface area contributed by atoms with Crippen molar-refractivity contribution < 1.29 is 0 Å². The first kappa shape index (κ1) is 12.9. The van der Waals surface area contributed by atoms with Crippen LogP contribution < -0.4 is 0 Å². The molecule has 0 nitrogen and oxygen atoms in total. The van der Waals surface area contributed by atoms with E-state index in [9.17, 15) is 0 Å². The van der Waals surface area contributed by atoms with Gasteiger partial charge >= 0.3 is 0 Å². The van der Waals surface area contributed by atoms with Crippen LogP contribution in [0, 0.1) is 0 Å². The van der Waals surface area contributed by atoms with Gasteiger partial charge in [0.15, 0.2) is 0 Å². The van der Waals surface area contributed by atoms with E-state index in [1.54, 1.807) is 0 Å². The minimum atomic E-state index is 0.983. The molecule has 0 heterocycles. The van der Waals surface area contributed by atoms with Gasteiger partial charge in [-0.25, -0.2) is 0 Å². The molecule has 2 rings (SSSR count). The minimum Gasteiger partial charge on any atom is -0.116 e. The summed E-state index contributed by atoms with van der Waals surface area (Å²) in [5.41, 5.74) is 7.04. The molecule has 18 heavy (non-hydrogen) atoms. The standard InChI is InChI=1S/C17H15Br/c1-2-15(16-6-4-3-5-7-16)11-8-14-9-12-17(18)13-10-14/h3-10,12-13H,2H2,1H3. The van der Waals surface area contributed by atoms with Gasteiger partial charge in [-0.2, -0.15) is 0 Å². The molecular weight excluding hydrogens is 284 g/mol. The lowest BCUT2D eigenvalue weighted by Gasteiger charge is -2.00. The number of hydrogen-bond donors (Lipinski definition) is 0. The predicted octanol–water partition coefficient (Wildman–Crippen LogP) is 5.55. The molecule has 0 spiro atoms. The highest BCUT2D eigenvalue weighted by Gasteiger charge is 1.95. The Balaban J connectivity index is 2.32. The van der Waals surface area contributed by atoms with Gasteiger partial charge in [-0.15, -0.1) is 5.73 Å². The molecule has 0 radical (unpaired) electrons. The Labute approximate surface area is 117 Å². The molecule has 0 atom stereocenters. The maximum Gasteiger partial charge on any atom is 0.0175 e. The van der Waals surface area contributed by atoms with Crippen LogP contribution in [0.3, 0.4) is 0 Å². The highest BCUT2D eigenvalue weighted by Crippen LogP contribution is 2.17. The van der Waals surface area contributed by atoms with Gasteiger partial charge in [0, 0.05) is 10.0 Å². The van der Waals surface area contributed by atoms with Crippen LogP contribution in [-0.2, 0) is 0 Å². The fourth-order valence-corrected chi connectivity index (χ4v) is 2.02. The Morgan fingerprint density at radius 2 is 1.72 bits per heavy atom. The van der Waals surface area contributed by atoms with Crippen molar-refractivity contribution in [2.24, 2.45) is 0 Å². The van der Waals surface area contributed by atoms with Crippen molar-refractivity contribution in [2.45, 2.75) is 13.3 Å². The molecule has 1 heteroatoms. The molecule has 0 aromatic heterocycles. The summed E-state index contributed by atoms with van der Waals surface area (Å²) in [7, 11) is 0. The molecule has 0 amide bonds. The minimum absolute atomic E-state index is 0.983. The van der Waals surface area contributed by atoms with Crippen LogP contribution in [0.5, 0.6) is 0 Å². The smallest absolute Gasteiger partial charge is 0.0175 e. The van der Waals surface area contributed by atoms with Gasteiger partial charge in [0.2, 0.25) is 0 Å². The largest absolute Gasteiger partial charge is 0.116 e. The third kappa shape index (κ3) is 3.46. The first-order chi connectivity index (χ1) is 8.79. The molecule has 0 fully saturated rings. The number of halogens is 1. The molecule has 0 aliphatic rings. The second-order valence-corrected chi connectivity index (χ2v) is 4.95. The lowest BCUT2D eigenvalue weighted by molar-refractivity contribution is 1.24. The van der Waals surface area contributed by atoms with E-state index in [1.165, 1.54) is 16.7 Å². The van der Waals surface area contributed by atoms with Crippen molar-refractivity contribution in [3.05, 3.63) is 75.9 Å². The third-order valence-electron chi connectivity index (χ3n) is 2.76. The van der Waals surface area contributed by atoms with Gasteiger partial charge in [-0.3, -0.25) is 0 Å². The Morgan fingerprint density at radius 1 is 1.06 bits per heavy atom. The number of hydrogen-bond acceptors (Lipinski definition) is 0. The summed E-state index contributed by atoms with van der Waals surface area (Å²) in [5.74, 6) is 0. The summed E-state index contributed by atoms with van der Waals surface area (Å²) in [4.78, 5) is 0. The molecule has 2 aromatic carbocycles. The molecule has 0 unspecified atom stereocenters. The second kappa shape index (κ2) is 6.39. The number of rotatable bonds is 3. The van der Waals surface area contributed by atoms with Crippen molar-refractivity contribution >= 4 is 27.6 Å². The molecule has 0 N–H and O–H groups in total. The van der Waals surface area contributed by atoms with E-state index in [1.807, 2.05) is 24.3 Å². The van der Waals surface area contributed by atoms with Crippen LogP contribution in [0.4, 0.5) is 0 Å². The van der Waals surface area contributed by atoms with Gasteiger partial charge in [0.1, 0.15) is 0 Å². The van der Waals surface area contributed by atoms with E-state index in [0.29, 0.717) is 0 Å². The van der Waals surface area contributed by atoms with Gasteiger partial charge in [0.25, 0.3) is 0 Å². The van der Waals surface area contributed by atoms with Crippen molar-refractivity contribution in [1.82, 2.24) is 0 Å². The van der Waals surface area contributed by atoms with E-state index >= 15 is 0 Å². The zero-order valence-electron chi connectivity index (χ0n) is 10.4. The van der Waals surface area contributed by atoms with Gasteiger partial charge in [0.05, 0.1) is 0 Å². The van der Waals surface area contributed by atoms with Gasteiger partial charge in [-0.05, 0) is 35.8 Å².